The SMILES string of the molecule is CN(Cc1cc2ccccc2n1C)C(=O)C=Cc1cnc2[nH]c(=O)n(C3CC3)c2c1. The minimum atomic E-state index is -0.119. The van der Waals surface area contributed by atoms with Crippen LogP contribution >= 0.6 is 0 Å². The molecular formula is C23H23N5O2. The van der Waals surface area contributed by atoms with Crippen molar-refractivity contribution in [3.63, 3.8) is 0 Å². The number of para-hydroxylation sites is 1. The lowest BCUT2D eigenvalue weighted by Gasteiger charge is -2.15. The first-order valence-corrected chi connectivity index (χ1v) is 10.1. The van der Waals surface area contributed by atoms with Crippen LogP contribution in [0, 0.1) is 0 Å². The molecule has 152 valence electrons. The molecule has 0 aliphatic heterocycles. The molecule has 0 saturated heterocycles. The molecule has 1 aromatic carbocycles. The standard InChI is InChI=1S/C23H23N5O2/c1-26(14-18-12-16-5-3-4-6-19(16)27(18)2)21(29)10-7-15-11-20-22(24-13-15)25-23(30)28(20)17-8-9-17/h3-7,10-13,17H,8-9,14H2,1-2H3,(H,24,25,30). The van der Waals surface area contributed by atoms with Gasteiger partial charge in [0.05, 0.1) is 12.1 Å². The van der Waals surface area contributed by atoms with E-state index in [-0.39, 0.29) is 17.6 Å². The van der Waals surface area contributed by atoms with Crippen molar-refractivity contribution in [3.05, 3.63) is 70.4 Å². The van der Waals surface area contributed by atoms with Gasteiger partial charge in [-0.05, 0) is 48.1 Å². The number of fused-ring (bicyclic) bond motifs is 2. The Labute approximate surface area is 173 Å². The highest BCUT2D eigenvalue weighted by atomic mass is 16.2. The number of amides is 1. The molecular weight excluding hydrogens is 378 g/mol. The zero-order valence-corrected chi connectivity index (χ0v) is 17.0. The summed E-state index contributed by atoms with van der Waals surface area (Å²) in [5.74, 6) is -0.0889. The van der Waals surface area contributed by atoms with Crippen LogP contribution in [0.15, 0.2) is 53.5 Å². The molecule has 1 saturated carbocycles. The average molecular weight is 401 g/mol. The summed E-state index contributed by atoms with van der Waals surface area (Å²) in [4.78, 5) is 33.6. The second-order valence-corrected chi connectivity index (χ2v) is 7.95. The number of aromatic amines is 1. The highest BCUT2D eigenvalue weighted by Crippen LogP contribution is 2.35. The van der Waals surface area contributed by atoms with Crippen molar-refractivity contribution < 1.29 is 4.79 Å². The van der Waals surface area contributed by atoms with Crippen molar-refractivity contribution in [2.75, 3.05) is 7.05 Å². The molecule has 1 fully saturated rings. The first-order valence-electron chi connectivity index (χ1n) is 10.1. The van der Waals surface area contributed by atoms with Gasteiger partial charge in [0, 0.05) is 43.6 Å². The Balaban J connectivity index is 1.34. The van der Waals surface area contributed by atoms with Gasteiger partial charge in [-0.2, -0.15) is 0 Å². The maximum absolute atomic E-state index is 12.6. The monoisotopic (exact) mass is 401 g/mol. The summed E-state index contributed by atoms with van der Waals surface area (Å²) in [5.41, 5.74) is 4.28. The van der Waals surface area contributed by atoms with Gasteiger partial charge < -0.3 is 9.47 Å². The number of nitrogens with one attached hydrogen (secondary N) is 1. The Bertz CT molecular complexity index is 1350. The van der Waals surface area contributed by atoms with Crippen LogP contribution in [-0.2, 0) is 18.4 Å². The molecule has 3 aromatic heterocycles. The van der Waals surface area contributed by atoms with Crippen LogP contribution in [0.4, 0.5) is 0 Å². The number of aromatic nitrogens is 4. The number of aryl methyl sites for hydroxylation is 1. The predicted octanol–water partition coefficient (Wildman–Crippen LogP) is 3.22. The first kappa shape index (κ1) is 18.4. The lowest BCUT2D eigenvalue weighted by atomic mass is 10.2. The van der Waals surface area contributed by atoms with Gasteiger partial charge >= 0.3 is 5.69 Å². The summed E-state index contributed by atoms with van der Waals surface area (Å²) in [6, 6.07) is 12.5. The summed E-state index contributed by atoms with van der Waals surface area (Å²) >= 11 is 0. The molecule has 7 heteroatoms. The number of carbonyl (C=O) groups excluding carboxylic acids is 1. The van der Waals surface area contributed by atoms with E-state index < -0.39 is 0 Å². The summed E-state index contributed by atoms with van der Waals surface area (Å²) in [6.45, 7) is 0.519. The normalized spacial score (nSPS) is 14.2. The molecule has 0 atom stereocenters. The fraction of sp³-hybridized carbons (Fsp3) is 0.261. The second-order valence-electron chi connectivity index (χ2n) is 7.95. The molecule has 1 N–H and O–H groups in total. The number of hydrogen-bond acceptors (Lipinski definition) is 3. The van der Waals surface area contributed by atoms with Crippen molar-refractivity contribution in [1.29, 1.82) is 0 Å². The van der Waals surface area contributed by atoms with E-state index in [4.69, 9.17) is 0 Å². The summed E-state index contributed by atoms with van der Waals surface area (Å²) in [6.07, 6.45) is 7.01. The molecule has 3 heterocycles. The van der Waals surface area contributed by atoms with Gasteiger partial charge in [0.2, 0.25) is 5.91 Å². The predicted molar refractivity (Wildman–Crippen MR) is 117 cm³/mol. The summed E-state index contributed by atoms with van der Waals surface area (Å²) in [5, 5.41) is 1.17. The van der Waals surface area contributed by atoms with E-state index >= 15 is 0 Å². The number of pyridine rings is 1. The third-order valence-electron chi connectivity index (χ3n) is 5.75. The molecule has 7 nitrogen and oxygen atoms in total. The molecule has 30 heavy (non-hydrogen) atoms. The van der Waals surface area contributed by atoms with Crippen molar-refractivity contribution in [2.45, 2.75) is 25.4 Å². The maximum atomic E-state index is 12.6. The van der Waals surface area contributed by atoms with Gasteiger partial charge in [-0.1, -0.05) is 18.2 Å². The Morgan fingerprint density at radius 1 is 1.27 bits per heavy atom. The molecule has 0 bridgehead atoms. The molecule has 0 radical (unpaired) electrons. The second kappa shape index (κ2) is 7.02. The van der Waals surface area contributed by atoms with E-state index in [1.165, 1.54) is 5.39 Å². The number of H-pyrrole nitrogens is 1. The lowest BCUT2D eigenvalue weighted by molar-refractivity contribution is -0.125. The molecule has 1 amide bonds. The third kappa shape index (κ3) is 3.22. The molecule has 5 rings (SSSR count). The van der Waals surface area contributed by atoms with Gasteiger partial charge in [0.15, 0.2) is 5.65 Å². The summed E-state index contributed by atoms with van der Waals surface area (Å²) < 4.78 is 3.89. The van der Waals surface area contributed by atoms with Crippen molar-refractivity contribution in [3.8, 4) is 0 Å². The fourth-order valence-electron chi connectivity index (χ4n) is 3.92. The zero-order chi connectivity index (χ0) is 20.8. The van der Waals surface area contributed by atoms with Crippen LogP contribution in [0.3, 0.4) is 0 Å². The molecule has 1 aliphatic rings. The number of imidazole rings is 1. The highest BCUT2D eigenvalue weighted by Gasteiger charge is 2.27. The van der Waals surface area contributed by atoms with Gasteiger partial charge in [-0.15, -0.1) is 0 Å². The van der Waals surface area contributed by atoms with Gasteiger partial charge in [-0.25, -0.2) is 9.78 Å². The van der Waals surface area contributed by atoms with Crippen molar-refractivity contribution in [2.24, 2.45) is 7.05 Å². The number of carbonyl (C=O) groups is 1. The smallest absolute Gasteiger partial charge is 0.327 e. The Morgan fingerprint density at radius 3 is 2.83 bits per heavy atom. The van der Waals surface area contributed by atoms with Gasteiger partial charge in [0.25, 0.3) is 0 Å². The first-order chi connectivity index (χ1) is 14.5. The van der Waals surface area contributed by atoms with E-state index in [0.29, 0.717) is 12.2 Å². The summed E-state index contributed by atoms with van der Waals surface area (Å²) in [7, 11) is 3.81. The fourth-order valence-corrected chi connectivity index (χ4v) is 3.92. The Hall–Kier alpha value is -3.61. The van der Waals surface area contributed by atoms with Gasteiger partial charge in [-0.3, -0.25) is 14.3 Å². The largest absolute Gasteiger partial charge is 0.346 e. The zero-order valence-electron chi connectivity index (χ0n) is 17.0. The highest BCUT2D eigenvalue weighted by molar-refractivity contribution is 5.92. The number of likely N-dealkylation sites (N-methyl/N-ethyl adjacent to an activating group) is 1. The Morgan fingerprint density at radius 2 is 2.07 bits per heavy atom. The third-order valence-corrected chi connectivity index (χ3v) is 5.75. The lowest BCUT2D eigenvalue weighted by Crippen LogP contribution is -2.25. The van der Waals surface area contributed by atoms with Crippen LogP contribution in [-0.4, -0.2) is 37.0 Å². The van der Waals surface area contributed by atoms with Crippen molar-refractivity contribution in [1.82, 2.24) is 24.0 Å². The Kier molecular flexibility index (Phi) is 4.31. The van der Waals surface area contributed by atoms with Crippen LogP contribution in [0.25, 0.3) is 28.1 Å². The van der Waals surface area contributed by atoms with E-state index in [1.54, 1.807) is 34.9 Å². The maximum Gasteiger partial charge on any atom is 0.327 e. The number of benzene rings is 1. The van der Waals surface area contributed by atoms with Gasteiger partial charge in [0.1, 0.15) is 0 Å². The molecule has 4 aromatic rings. The number of nitrogens with zero attached hydrogens (tertiary/aromatic N) is 4. The van der Waals surface area contributed by atoms with Crippen molar-refractivity contribution >= 4 is 34.1 Å². The van der Waals surface area contributed by atoms with E-state index in [1.807, 2.05) is 25.2 Å². The molecule has 1 aliphatic carbocycles. The molecule has 0 unspecified atom stereocenters. The quantitative estimate of drug-likeness (QED) is 0.522. The molecule has 0 spiro atoms. The number of hydrogen-bond donors (Lipinski definition) is 1. The van der Waals surface area contributed by atoms with Crippen LogP contribution in [0.2, 0.25) is 0 Å². The minimum Gasteiger partial charge on any atom is -0.346 e. The number of rotatable bonds is 5. The van der Waals surface area contributed by atoms with Crippen LogP contribution < -0.4 is 5.69 Å². The van der Waals surface area contributed by atoms with E-state index in [0.717, 1.165) is 35.1 Å². The van der Waals surface area contributed by atoms with Crippen LogP contribution in [0.1, 0.15) is 30.1 Å². The van der Waals surface area contributed by atoms with E-state index in [9.17, 15) is 9.59 Å². The average Bonchev–Trinajstić information content (AvgIpc) is 3.45. The topological polar surface area (TPSA) is 75.9 Å². The van der Waals surface area contributed by atoms with E-state index in [2.05, 4.69) is 32.7 Å². The van der Waals surface area contributed by atoms with Crippen LogP contribution in [0.5, 0.6) is 0 Å². The minimum absolute atomic E-state index is 0.0889.